The molecule has 2 saturated heterocycles. The molecule has 1 unspecified atom stereocenters. The van der Waals surface area contributed by atoms with E-state index in [1.165, 1.54) is 37.0 Å². The second-order valence-corrected chi connectivity index (χ2v) is 10.5. The number of rotatable bonds is 6. The van der Waals surface area contributed by atoms with Crippen molar-refractivity contribution in [2.45, 2.75) is 96.5 Å². The number of hydrogen-bond donors (Lipinski definition) is 1. The molecule has 4 fully saturated rings. The van der Waals surface area contributed by atoms with Crippen LogP contribution in [0.2, 0.25) is 0 Å². The minimum absolute atomic E-state index is 0.0918. The van der Waals surface area contributed by atoms with Crippen molar-refractivity contribution in [2.75, 3.05) is 39.3 Å². The Hall–Kier alpha value is -1.63. The first-order valence-corrected chi connectivity index (χ1v) is 13.4. The maximum atomic E-state index is 13.0. The molecule has 0 aromatic carbocycles. The molecule has 1 spiro atoms. The van der Waals surface area contributed by atoms with E-state index in [4.69, 9.17) is 0 Å². The molecule has 33 heavy (non-hydrogen) atoms. The van der Waals surface area contributed by atoms with Gasteiger partial charge in [-0.2, -0.15) is 0 Å². The van der Waals surface area contributed by atoms with E-state index in [9.17, 15) is 19.5 Å². The summed E-state index contributed by atoms with van der Waals surface area (Å²) in [5, 5.41) is 11.8. The van der Waals surface area contributed by atoms with Crippen LogP contribution in [-0.4, -0.2) is 82.9 Å². The fourth-order valence-corrected chi connectivity index (χ4v) is 6.57. The first kappa shape index (κ1) is 26.0. The number of carbonyl (C=O) groups is 3. The van der Waals surface area contributed by atoms with Gasteiger partial charge in [-0.05, 0) is 31.6 Å². The van der Waals surface area contributed by atoms with Gasteiger partial charge in [0, 0.05) is 38.0 Å². The number of likely N-dealkylation sites (tertiary alicyclic amines) is 1. The second-order valence-electron chi connectivity index (χ2n) is 10.5. The van der Waals surface area contributed by atoms with Crippen LogP contribution in [0, 0.1) is 11.3 Å². The maximum Gasteiger partial charge on any atom is 0.242 e. The molecule has 7 nitrogen and oxygen atoms in total. The predicted molar refractivity (Wildman–Crippen MR) is 128 cm³/mol. The Morgan fingerprint density at radius 2 is 1.73 bits per heavy atom. The monoisotopic (exact) mass is 463 g/mol. The van der Waals surface area contributed by atoms with Crippen molar-refractivity contribution in [3.8, 4) is 0 Å². The maximum absolute atomic E-state index is 13.0. The van der Waals surface area contributed by atoms with Gasteiger partial charge in [-0.3, -0.25) is 14.4 Å². The zero-order valence-electron chi connectivity index (χ0n) is 20.9. The van der Waals surface area contributed by atoms with Crippen LogP contribution < -0.4 is 0 Å². The normalized spacial score (nSPS) is 28.0. The number of β-amino-alcohol motifs (C(OH)–C–C–N with tert-alkyl or cyclic N) is 1. The third-order valence-electron chi connectivity index (χ3n) is 8.63. The Kier molecular flexibility index (Phi) is 9.19. The highest BCUT2D eigenvalue weighted by Gasteiger charge is 2.56. The number of nitrogens with zero attached hydrogens (tertiary/aromatic N) is 3. The number of aliphatic hydroxyl groups is 1. The number of carbonyl (C=O) groups excluding carboxylic acids is 3. The van der Waals surface area contributed by atoms with Crippen molar-refractivity contribution in [3.63, 3.8) is 0 Å². The average Bonchev–Trinajstić information content (AvgIpc) is 3.32. The molecule has 0 aromatic rings. The van der Waals surface area contributed by atoms with Crippen molar-refractivity contribution in [1.82, 2.24) is 14.7 Å². The molecule has 7 heteroatoms. The number of hydrogen-bond acceptors (Lipinski definition) is 4. The van der Waals surface area contributed by atoms with Gasteiger partial charge in [-0.15, -0.1) is 0 Å². The minimum Gasteiger partial charge on any atom is -0.387 e. The molecule has 2 saturated carbocycles. The van der Waals surface area contributed by atoms with Crippen LogP contribution in [0.4, 0.5) is 0 Å². The van der Waals surface area contributed by atoms with Crippen LogP contribution in [0.5, 0.6) is 0 Å². The van der Waals surface area contributed by atoms with Crippen molar-refractivity contribution < 1.29 is 19.5 Å². The molecule has 3 amide bonds. The molecule has 4 aliphatic rings. The smallest absolute Gasteiger partial charge is 0.242 e. The lowest BCUT2D eigenvalue weighted by molar-refractivity contribution is -0.170. The summed E-state index contributed by atoms with van der Waals surface area (Å²) in [7, 11) is 0. The number of amides is 3. The Morgan fingerprint density at radius 1 is 1.03 bits per heavy atom. The molecule has 4 rings (SSSR count). The molecule has 2 aliphatic carbocycles. The predicted octanol–water partition coefficient (Wildman–Crippen LogP) is 3.20. The van der Waals surface area contributed by atoms with E-state index in [-0.39, 0.29) is 23.8 Å². The second kappa shape index (κ2) is 11.7. The Labute approximate surface area is 199 Å². The van der Waals surface area contributed by atoms with Gasteiger partial charge in [-0.1, -0.05) is 58.8 Å². The summed E-state index contributed by atoms with van der Waals surface area (Å²) in [4.78, 5) is 41.8. The van der Waals surface area contributed by atoms with Gasteiger partial charge < -0.3 is 19.8 Å². The molecule has 188 valence electrons. The molecule has 2 heterocycles. The van der Waals surface area contributed by atoms with Crippen molar-refractivity contribution in [1.29, 1.82) is 0 Å². The van der Waals surface area contributed by atoms with E-state index in [1.54, 1.807) is 4.90 Å². The van der Waals surface area contributed by atoms with Gasteiger partial charge in [0.05, 0.1) is 18.7 Å². The van der Waals surface area contributed by atoms with Crippen molar-refractivity contribution in [2.24, 2.45) is 11.3 Å². The SMILES string of the molecule is CC.O=CN1CCN(CC2(O)CCN(C(=O)CCC3CCCCC3)CC23CCCC3)C(=O)C1. The summed E-state index contributed by atoms with van der Waals surface area (Å²) in [6, 6.07) is 0. The highest BCUT2D eigenvalue weighted by Crippen LogP contribution is 2.51. The standard InChI is InChI=1S/C24H39N3O4.C2H6/c28-19-25-14-15-27(22(30)16-25)18-24(31)12-13-26(17-23(24)10-4-5-11-23)21(29)9-8-20-6-2-1-3-7-20;1-2/h19-20,31H,1-18H2;1-2H3. The van der Waals surface area contributed by atoms with E-state index < -0.39 is 5.60 Å². The number of piperazine rings is 1. The lowest BCUT2D eigenvalue weighted by Crippen LogP contribution is -2.65. The summed E-state index contributed by atoms with van der Waals surface area (Å²) in [5.41, 5.74) is -1.27. The minimum atomic E-state index is -0.956. The lowest BCUT2D eigenvalue weighted by atomic mass is 9.65. The van der Waals surface area contributed by atoms with Gasteiger partial charge in [0.1, 0.15) is 0 Å². The molecular weight excluding hydrogens is 418 g/mol. The van der Waals surface area contributed by atoms with Crippen LogP contribution in [0.1, 0.15) is 90.9 Å². The Morgan fingerprint density at radius 3 is 2.36 bits per heavy atom. The molecule has 1 N–H and O–H groups in total. The van der Waals surface area contributed by atoms with Crippen LogP contribution in [-0.2, 0) is 14.4 Å². The van der Waals surface area contributed by atoms with Crippen molar-refractivity contribution >= 4 is 18.2 Å². The third-order valence-corrected chi connectivity index (χ3v) is 8.63. The van der Waals surface area contributed by atoms with E-state index in [1.807, 2.05) is 18.7 Å². The third kappa shape index (κ3) is 5.90. The van der Waals surface area contributed by atoms with Crippen molar-refractivity contribution in [3.05, 3.63) is 0 Å². The van der Waals surface area contributed by atoms with Gasteiger partial charge in [0.2, 0.25) is 18.2 Å². The van der Waals surface area contributed by atoms with E-state index in [0.717, 1.165) is 38.5 Å². The summed E-state index contributed by atoms with van der Waals surface area (Å²) in [6.07, 6.45) is 13.3. The molecular formula is C26H45N3O4. The molecule has 0 aromatic heterocycles. The molecule has 0 bridgehead atoms. The summed E-state index contributed by atoms with van der Waals surface area (Å²) in [6.45, 7) is 6.60. The van der Waals surface area contributed by atoms with Crippen LogP contribution in [0.3, 0.4) is 0 Å². The largest absolute Gasteiger partial charge is 0.387 e. The average molecular weight is 464 g/mol. The summed E-state index contributed by atoms with van der Waals surface area (Å²) in [5.74, 6) is 0.858. The topological polar surface area (TPSA) is 81.2 Å². The fourth-order valence-electron chi connectivity index (χ4n) is 6.57. The van der Waals surface area contributed by atoms with Gasteiger partial charge in [0.25, 0.3) is 0 Å². The highest BCUT2D eigenvalue weighted by atomic mass is 16.3. The van der Waals surface area contributed by atoms with Crippen LogP contribution in [0.25, 0.3) is 0 Å². The van der Waals surface area contributed by atoms with Crippen LogP contribution >= 0.6 is 0 Å². The quantitative estimate of drug-likeness (QED) is 0.614. The highest BCUT2D eigenvalue weighted by molar-refractivity contribution is 5.81. The van der Waals surface area contributed by atoms with E-state index in [0.29, 0.717) is 51.5 Å². The Bertz CT molecular complexity index is 672. The van der Waals surface area contributed by atoms with Gasteiger partial charge in [0.15, 0.2) is 0 Å². The fraction of sp³-hybridized carbons (Fsp3) is 0.885. The summed E-state index contributed by atoms with van der Waals surface area (Å²) < 4.78 is 0. The van der Waals surface area contributed by atoms with E-state index >= 15 is 0 Å². The zero-order valence-corrected chi connectivity index (χ0v) is 20.9. The lowest BCUT2D eigenvalue weighted by Gasteiger charge is -2.54. The molecule has 2 aliphatic heterocycles. The van der Waals surface area contributed by atoms with E-state index in [2.05, 4.69) is 0 Å². The van der Waals surface area contributed by atoms with Crippen LogP contribution in [0.15, 0.2) is 0 Å². The number of piperidine rings is 1. The molecule has 1 atom stereocenters. The summed E-state index contributed by atoms with van der Waals surface area (Å²) >= 11 is 0. The van der Waals surface area contributed by atoms with Gasteiger partial charge in [-0.25, -0.2) is 0 Å². The molecule has 0 radical (unpaired) electrons. The zero-order chi connectivity index (χ0) is 23.9. The first-order chi connectivity index (χ1) is 15.9. The first-order valence-electron chi connectivity index (χ1n) is 13.4. The Balaban J connectivity index is 0.00000149. The van der Waals surface area contributed by atoms with Gasteiger partial charge >= 0.3 is 0 Å².